The number of rotatable bonds is 8. The summed E-state index contributed by atoms with van der Waals surface area (Å²) in [4.78, 5) is 48.9. The maximum atomic E-state index is 12.6. The van der Waals surface area contributed by atoms with Crippen LogP contribution < -0.4 is 16.0 Å². The zero-order chi connectivity index (χ0) is 22.9. The molecule has 0 bridgehead atoms. The van der Waals surface area contributed by atoms with Gasteiger partial charge in [-0.05, 0) is 62.4 Å². The van der Waals surface area contributed by atoms with E-state index in [1.54, 1.807) is 36.4 Å². The highest BCUT2D eigenvalue weighted by Crippen LogP contribution is 2.20. The normalized spacial score (nSPS) is 13.0. The van der Waals surface area contributed by atoms with Gasteiger partial charge in [-0.15, -0.1) is 0 Å². The fourth-order valence-corrected chi connectivity index (χ4v) is 3.60. The van der Waals surface area contributed by atoms with Gasteiger partial charge >= 0.3 is 0 Å². The van der Waals surface area contributed by atoms with Crippen LogP contribution in [0.5, 0.6) is 0 Å². The van der Waals surface area contributed by atoms with Gasteiger partial charge in [-0.3, -0.25) is 19.2 Å². The fourth-order valence-electron chi connectivity index (χ4n) is 3.60. The van der Waals surface area contributed by atoms with E-state index in [0.29, 0.717) is 17.8 Å². The third kappa shape index (κ3) is 6.38. The molecular weight excluding hydrogens is 406 g/mol. The van der Waals surface area contributed by atoms with Crippen molar-refractivity contribution in [2.24, 2.45) is 0 Å². The molecule has 0 atom stereocenters. The van der Waals surface area contributed by atoms with Crippen LogP contribution in [0.2, 0.25) is 0 Å². The van der Waals surface area contributed by atoms with Crippen LogP contribution in [0.15, 0.2) is 60.2 Å². The second-order valence-electron chi connectivity index (χ2n) is 7.70. The zero-order valence-electron chi connectivity index (χ0n) is 18.1. The Hall–Kier alpha value is -3.74. The number of hydrogen-bond acceptors (Lipinski definition) is 4. The van der Waals surface area contributed by atoms with E-state index >= 15 is 0 Å². The summed E-state index contributed by atoms with van der Waals surface area (Å²) in [6.07, 6.45) is 7.73. The molecule has 0 radical (unpaired) electrons. The van der Waals surface area contributed by atoms with Crippen LogP contribution >= 0.6 is 0 Å². The van der Waals surface area contributed by atoms with Crippen molar-refractivity contribution >= 4 is 34.9 Å². The molecule has 0 saturated heterocycles. The van der Waals surface area contributed by atoms with E-state index in [9.17, 15) is 19.2 Å². The van der Waals surface area contributed by atoms with E-state index < -0.39 is 11.7 Å². The van der Waals surface area contributed by atoms with E-state index in [2.05, 4.69) is 22.0 Å². The SMILES string of the molecule is CC(=O)Nc1ccccc1C(=O)C(=O)Nc1cccc(C(=O)NCCC2=CCCCC2)c1. The molecule has 2 aromatic rings. The number of benzene rings is 2. The average Bonchev–Trinajstić information content (AvgIpc) is 2.79. The number of ketones is 1. The Balaban J connectivity index is 1.61. The number of allylic oxidation sites excluding steroid dienone is 1. The Morgan fingerprint density at radius 2 is 1.75 bits per heavy atom. The van der Waals surface area contributed by atoms with Crippen LogP contribution in [0.3, 0.4) is 0 Å². The number of hydrogen-bond donors (Lipinski definition) is 3. The number of Topliss-reactive ketones (excluding diaryl/α,β-unsaturated/α-hetero) is 1. The number of nitrogens with one attached hydrogen (secondary N) is 3. The molecule has 0 spiro atoms. The van der Waals surface area contributed by atoms with Gasteiger partial charge in [0, 0.05) is 24.7 Å². The first-order chi connectivity index (χ1) is 15.4. The summed E-state index contributed by atoms with van der Waals surface area (Å²) in [5.41, 5.74) is 2.47. The van der Waals surface area contributed by atoms with E-state index in [0.717, 1.165) is 19.3 Å². The summed E-state index contributed by atoms with van der Waals surface area (Å²) in [6.45, 7) is 1.88. The van der Waals surface area contributed by atoms with Crippen LogP contribution in [0, 0.1) is 0 Å². The van der Waals surface area contributed by atoms with Crippen molar-refractivity contribution in [1.82, 2.24) is 5.32 Å². The van der Waals surface area contributed by atoms with Crippen LogP contribution in [-0.4, -0.2) is 30.0 Å². The molecule has 0 heterocycles. The Kier molecular flexibility index (Phi) is 7.91. The molecular formula is C25H27N3O4. The Bertz CT molecular complexity index is 1060. The van der Waals surface area contributed by atoms with Crippen molar-refractivity contribution in [1.29, 1.82) is 0 Å². The van der Waals surface area contributed by atoms with Gasteiger partial charge in [0.2, 0.25) is 5.91 Å². The van der Waals surface area contributed by atoms with E-state index in [4.69, 9.17) is 0 Å². The molecule has 0 unspecified atom stereocenters. The van der Waals surface area contributed by atoms with Gasteiger partial charge in [-0.25, -0.2) is 0 Å². The lowest BCUT2D eigenvalue weighted by Crippen LogP contribution is -2.26. The predicted octanol–water partition coefficient (Wildman–Crippen LogP) is 4.09. The molecule has 3 rings (SSSR count). The minimum Gasteiger partial charge on any atom is -0.352 e. The van der Waals surface area contributed by atoms with E-state index in [1.807, 2.05) is 0 Å². The monoisotopic (exact) mass is 433 g/mol. The molecule has 166 valence electrons. The minimum absolute atomic E-state index is 0.0890. The van der Waals surface area contributed by atoms with Crippen LogP contribution in [-0.2, 0) is 9.59 Å². The summed E-state index contributed by atoms with van der Waals surface area (Å²) < 4.78 is 0. The van der Waals surface area contributed by atoms with Gasteiger partial charge in [0.25, 0.3) is 17.6 Å². The Morgan fingerprint density at radius 3 is 2.50 bits per heavy atom. The number of carbonyl (C=O) groups excluding carboxylic acids is 4. The molecule has 2 aromatic carbocycles. The third-order valence-corrected chi connectivity index (χ3v) is 5.19. The molecule has 3 N–H and O–H groups in total. The number of carbonyl (C=O) groups is 4. The van der Waals surface area contributed by atoms with Gasteiger partial charge in [-0.2, -0.15) is 0 Å². The molecule has 7 heteroatoms. The number of amides is 3. The highest BCUT2D eigenvalue weighted by Gasteiger charge is 2.20. The predicted molar refractivity (Wildman–Crippen MR) is 124 cm³/mol. The average molecular weight is 434 g/mol. The van der Waals surface area contributed by atoms with Gasteiger partial charge in [0.15, 0.2) is 0 Å². The molecule has 32 heavy (non-hydrogen) atoms. The van der Waals surface area contributed by atoms with Crippen molar-refractivity contribution in [2.45, 2.75) is 39.0 Å². The lowest BCUT2D eigenvalue weighted by Gasteiger charge is -2.13. The van der Waals surface area contributed by atoms with Gasteiger partial charge < -0.3 is 16.0 Å². The zero-order valence-corrected chi connectivity index (χ0v) is 18.1. The summed E-state index contributed by atoms with van der Waals surface area (Å²) in [5.74, 6) is -2.22. The largest absolute Gasteiger partial charge is 0.352 e. The lowest BCUT2D eigenvalue weighted by atomic mass is 9.97. The maximum absolute atomic E-state index is 12.6. The summed E-state index contributed by atoms with van der Waals surface area (Å²) >= 11 is 0. The molecule has 3 amide bonds. The topological polar surface area (TPSA) is 104 Å². The second kappa shape index (κ2) is 11.0. The van der Waals surface area contributed by atoms with Crippen LogP contribution in [0.4, 0.5) is 11.4 Å². The first-order valence-electron chi connectivity index (χ1n) is 10.7. The molecule has 1 aliphatic rings. The molecule has 0 fully saturated rings. The van der Waals surface area contributed by atoms with Crippen molar-refractivity contribution in [3.05, 3.63) is 71.3 Å². The van der Waals surface area contributed by atoms with Gasteiger partial charge in [-0.1, -0.05) is 29.8 Å². The second-order valence-corrected chi connectivity index (χ2v) is 7.70. The quantitative estimate of drug-likeness (QED) is 0.331. The maximum Gasteiger partial charge on any atom is 0.296 e. The standard InChI is InChI=1S/C25H27N3O4/c1-17(29)27-22-13-6-5-12-21(22)23(30)25(32)28-20-11-7-10-19(16-20)24(31)26-15-14-18-8-3-2-4-9-18/h5-8,10-13,16H,2-4,9,14-15H2,1H3,(H,26,31)(H,27,29)(H,28,32). The van der Waals surface area contributed by atoms with Crippen LogP contribution in [0.1, 0.15) is 59.7 Å². The third-order valence-electron chi connectivity index (χ3n) is 5.19. The first-order valence-corrected chi connectivity index (χ1v) is 10.7. The summed E-state index contributed by atoms with van der Waals surface area (Å²) in [7, 11) is 0. The molecule has 0 aliphatic heterocycles. The molecule has 0 aromatic heterocycles. The Labute approximate surface area is 187 Å². The van der Waals surface area contributed by atoms with Gasteiger partial charge in [0.05, 0.1) is 11.3 Å². The Morgan fingerprint density at radius 1 is 0.938 bits per heavy atom. The minimum atomic E-state index is -0.857. The first kappa shape index (κ1) is 22.9. The van der Waals surface area contributed by atoms with Crippen molar-refractivity contribution in [2.75, 3.05) is 17.2 Å². The smallest absolute Gasteiger partial charge is 0.296 e. The van der Waals surface area contributed by atoms with Gasteiger partial charge in [0.1, 0.15) is 0 Å². The van der Waals surface area contributed by atoms with Crippen molar-refractivity contribution < 1.29 is 19.2 Å². The van der Waals surface area contributed by atoms with Crippen molar-refractivity contribution in [3.63, 3.8) is 0 Å². The molecule has 0 saturated carbocycles. The summed E-state index contributed by atoms with van der Waals surface area (Å²) in [5, 5.41) is 7.98. The highest BCUT2D eigenvalue weighted by atomic mass is 16.2. The van der Waals surface area contributed by atoms with E-state index in [1.165, 1.54) is 37.5 Å². The van der Waals surface area contributed by atoms with Crippen molar-refractivity contribution in [3.8, 4) is 0 Å². The number of para-hydroxylation sites is 1. The van der Waals surface area contributed by atoms with Crippen LogP contribution in [0.25, 0.3) is 0 Å². The summed E-state index contributed by atoms with van der Waals surface area (Å²) in [6, 6.07) is 12.7. The van der Waals surface area contributed by atoms with E-state index in [-0.39, 0.29) is 23.1 Å². The lowest BCUT2D eigenvalue weighted by molar-refractivity contribution is -0.114. The number of anilines is 2. The highest BCUT2D eigenvalue weighted by molar-refractivity contribution is 6.47. The molecule has 7 nitrogen and oxygen atoms in total. The molecule has 1 aliphatic carbocycles. The fraction of sp³-hybridized carbons (Fsp3) is 0.280.